The van der Waals surface area contributed by atoms with Crippen LogP contribution in [0.25, 0.3) is 0 Å². The first-order chi connectivity index (χ1) is 6.90. The van der Waals surface area contributed by atoms with Gasteiger partial charge in [0, 0.05) is 5.92 Å². The van der Waals surface area contributed by atoms with Crippen LogP contribution in [-0.4, -0.2) is 6.54 Å². The van der Waals surface area contributed by atoms with Gasteiger partial charge in [0.1, 0.15) is 0 Å². The Kier molecular flexibility index (Phi) is 3.00. The molecular formula is C13H17N. The quantitative estimate of drug-likeness (QED) is 0.706. The van der Waals surface area contributed by atoms with E-state index < -0.39 is 0 Å². The average Bonchev–Trinajstić information content (AvgIpc) is 2.30. The molecule has 2 aliphatic carbocycles. The van der Waals surface area contributed by atoms with Crippen molar-refractivity contribution in [3.63, 3.8) is 0 Å². The zero-order valence-electron chi connectivity index (χ0n) is 8.39. The summed E-state index contributed by atoms with van der Waals surface area (Å²) in [7, 11) is 0. The van der Waals surface area contributed by atoms with Gasteiger partial charge in [0.25, 0.3) is 0 Å². The molecule has 0 saturated heterocycles. The number of nitrogens with two attached hydrogens (primary N) is 1. The Hall–Kier alpha value is -1.08. The molecule has 2 aliphatic rings. The molecule has 0 saturated carbocycles. The first-order valence-electron chi connectivity index (χ1n) is 5.32. The maximum atomic E-state index is 5.62. The van der Waals surface area contributed by atoms with Crippen molar-refractivity contribution in [1.29, 1.82) is 0 Å². The molecule has 0 aromatic carbocycles. The number of allylic oxidation sites excluding steroid dienone is 7. The van der Waals surface area contributed by atoms with Gasteiger partial charge in [0.05, 0.1) is 0 Å². The third-order valence-electron chi connectivity index (χ3n) is 2.93. The first-order valence-corrected chi connectivity index (χ1v) is 5.32. The molecule has 0 spiro atoms. The van der Waals surface area contributed by atoms with E-state index in [2.05, 4.69) is 42.5 Å². The molecule has 2 atom stereocenters. The molecular weight excluding hydrogens is 170 g/mol. The Morgan fingerprint density at radius 3 is 2.71 bits per heavy atom. The fourth-order valence-corrected chi connectivity index (χ4v) is 1.96. The first kappa shape index (κ1) is 9.47. The number of rotatable bonds is 2. The summed E-state index contributed by atoms with van der Waals surface area (Å²) in [4.78, 5) is 0. The molecule has 0 aromatic heterocycles. The molecule has 0 heterocycles. The highest BCUT2D eigenvalue weighted by Crippen LogP contribution is 2.26. The molecule has 74 valence electrons. The number of hydrogen-bond donors (Lipinski definition) is 1. The molecule has 2 N–H and O–H groups in total. The van der Waals surface area contributed by atoms with Gasteiger partial charge in [-0.15, -0.1) is 0 Å². The highest BCUT2D eigenvalue weighted by atomic mass is 14.5. The highest BCUT2D eigenvalue weighted by Gasteiger charge is 2.13. The van der Waals surface area contributed by atoms with Crippen LogP contribution in [-0.2, 0) is 0 Å². The Bertz CT molecular complexity index is 307. The second-order valence-electron chi connectivity index (χ2n) is 3.95. The second kappa shape index (κ2) is 4.43. The molecule has 0 aromatic rings. The third-order valence-corrected chi connectivity index (χ3v) is 2.93. The van der Waals surface area contributed by atoms with Crippen LogP contribution in [0.2, 0.25) is 0 Å². The van der Waals surface area contributed by atoms with Crippen LogP contribution in [0.4, 0.5) is 0 Å². The molecule has 2 unspecified atom stereocenters. The normalized spacial score (nSPS) is 30.5. The van der Waals surface area contributed by atoms with Crippen LogP contribution in [0.1, 0.15) is 12.8 Å². The maximum Gasteiger partial charge on any atom is 0.00524 e. The summed E-state index contributed by atoms with van der Waals surface area (Å²) in [6.07, 6.45) is 17.8. The van der Waals surface area contributed by atoms with Gasteiger partial charge in [-0.2, -0.15) is 0 Å². The summed E-state index contributed by atoms with van der Waals surface area (Å²) >= 11 is 0. The Balaban J connectivity index is 2.00. The van der Waals surface area contributed by atoms with E-state index in [4.69, 9.17) is 5.73 Å². The van der Waals surface area contributed by atoms with Crippen LogP contribution in [0.15, 0.2) is 48.1 Å². The standard InChI is InChI=1S/C13H17N/c14-10-11-6-8-13(9-7-11)12-4-2-1-3-5-12/h1-4,6,8-9,11-12H,5,7,10,14H2. The van der Waals surface area contributed by atoms with Gasteiger partial charge in [-0.05, 0) is 30.9 Å². The van der Waals surface area contributed by atoms with E-state index >= 15 is 0 Å². The summed E-state index contributed by atoms with van der Waals surface area (Å²) in [5.41, 5.74) is 7.08. The van der Waals surface area contributed by atoms with Gasteiger partial charge in [-0.25, -0.2) is 0 Å². The van der Waals surface area contributed by atoms with Gasteiger partial charge in [0.2, 0.25) is 0 Å². The van der Waals surface area contributed by atoms with Crippen molar-refractivity contribution in [1.82, 2.24) is 0 Å². The molecule has 1 heteroatoms. The van der Waals surface area contributed by atoms with Crippen LogP contribution < -0.4 is 5.73 Å². The van der Waals surface area contributed by atoms with E-state index in [-0.39, 0.29) is 0 Å². The van der Waals surface area contributed by atoms with Crippen molar-refractivity contribution < 1.29 is 0 Å². The summed E-state index contributed by atoms with van der Waals surface area (Å²) in [6.45, 7) is 0.765. The van der Waals surface area contributed by atoms with E-state index in [9.17, 15) is 0 Å². The van der Waals surface area contributed by atoms with Gasteiger partial charge in [0.15, 0.2) is 0 Å². The minimum Gasteiger partial charge on any atom is -0.330 e. The van der Waals surface area contributed by atoms with E-state index in [0.29, 0.717) is 11.8 Å². The van der Waals surface area contributed by atoms with Crippen molar-refractivity contribution in [3.05, 3.63) is 48.1 Å². The van der Waals surface area contributed by atoms with Gasteiger partial charge < -0.3 is 5.73 Å². The zero-order valence-corrected chi connectivity index (χ0v) is 8.39. The predicted octanol–water partition coefficient (Wildman–Crippen LogP) is 2.58. The summed E-state index contributed by atoms with van der Waals surface area (Å²) in [5.74, 6) is 1.15. The van der Waals surface area contributed by atoms with Gasteiger partial charge >= 0.3 is 0 Å². The van der Waals surface area contributed by atoms with E-state index in [1.54, 1.807) is 0 Å². The smallest absolute Gasteiger partial charge is 0.00524 e. The Labute approximate surface area is 85.7 Å². The monoisotopic (exact) mass is 187 g/mol. The van der Waals surface area contributed by atoms with Crippen LogP contribution in [0.3, 0.4) is 0 Å². The van der Waals surface area contributed by atoms with Crippen LogP contribution in [0, 0.1) is 11.8 Å². The minimum atomic E-state index is 0.557. The maximum absolute atomic E-state index is 5.62. The second-order valence-corrected chi connectivity index (χ2v) is 3.95. The molecule has 0 fully saturated rings. The SMILES string of the molecule is NCC1C=CC(C2C=CC=CC2)=CC1. The van der Waals surface area contributed by atoms with Crippen LogP contribution in [0.5, 0.6) is 0 Å². The molecule has 0 amide bonds. The molecule has 1 nitrogen and oxygen atoms in total. The molecule has 0 aliphatic heterocycles. The predicted molar refractivity (Wildman–Crippen MR) is 60.8 cm³/mol. The lowest BCUT2D eigenvalue weighted by Crippen LogP contribution is -2.14. The zero-order chi connectivity index (χ0) is 9.80. The van der Waals surface area contributed by atoms with E-state index in [1.807, 2.05) is 0 Å². The molecule has 14 heavy (non-hydrogen) atoms. The van der Waals surface area contributed by atoms with Gasteiger partial charge in [-0.1, -0.05) is 42.5 Å². The highest BCUT2D eigenvalue weighted by molar-refractivity contribution is 5.32. The lowest BCUT2D eigenvalue weighted by molar-refractivity contribution is 0.650. The topological polar surface area (TPSA) is 26.0 Å². The van der Waals surface area contributed by atoms with Crippen molar-refractivity contribution >= 4 is 0 Å². The number of hydrogen-bond acceptors (Lipinski definition) is 1. The fraction of sp³-hybridized carbons (Fsp3) is 0.385. The molecule has 0 bridgehead atoms. The fourth-order valence-electron chi connectivity index (χ4n) is 1.96. The van der Waals surface area contributed by atoms with Crippen molar-refractivity contribution in [2.24, 2.45) is 17.6 Å². The largest absolute Gasteiger partial charge is 0.330 e. The van der Waals surface area contributed by atoms with Crippen molar-refractivity contribution in [2.75, 3.05) is 6.54 Å². The lowest BCUT2D eigenvalue weighted by atomic mass is 9.86. The minimum absolute atomic E-state index is 0.557. The van der Waals surface area contributed by atoms with Crippen molar-refractivity contribution in [3.8, 4) is 0 Å². The summed E-state index contributed by atoms with van der Waals surface area (Å²) < 4.78 is 0. The Morgan fingerprint density at radius 1 is 1.21 bits per heavy atom. The molecule has 0 radical (unpaired) electrons. The lowest BCUT2D eigenvalue weighted by Gasteiger charge is -2.20. The Morgan fingerprint density at radius 2 is 2.14 bits per heavy atom. The van der Waals surface area contributed by atoms with Gasteiger partial charge in [-0.3, -0.25) is 0 Å². The average molecular weight is 187 g/mol. The third kappa shape index (κ3) is 2.05. The van der Waals surface area contributed by atoms with Crippen LogP contribution >= 0.6 is 0 Å². The summed E-state index contributed by atoms with van der Waals surface area (Å²) in [6, 6.07) is 0. The summed E-state index contributed by atoms with van der Waals surface area (Å²) in [5, 5.41) is 0. The van der Waals surface area contributed by atoms with E-state index in [0.717, 1.165) is 19.4 Å². The molecule has 2 rings (SSSR count). The van der Waals surface area contributed by atoms with Crippen molar-refractivity contribution in [2.45, 2.75) is 12.8 Å². The van der Waals surface area contributed by atoms with E-state index in [1.165, 1.54) is 5.57 Å².